The van der Waals surface area contributed by atoms with Gasteiger partial charge in [0.1, 0.15) is 0 Å². The first-order valence-electron chi connectivity index (χ1n) is 6.07. The van der Waals surface area contributed by atoms with E-state index in [2.05, 4.69) is 40.1 Å². The van der Waals surface area contributed by atoms with Gasteiger partial charge in [-0.05, 0) is 42.0 Å². The Bertz CT molecular complexity index is 599. The second-order valence-electron chi connectivity index (χ2n) is 4.44. The minimum absolute atomic E-state index is 0.870. The van der Waals surface area contributed by atoms with E-state index in [1.54, 1.807) is 0 Å². The molecule has 0 saturated carbocycles. The Morgan fingerprint density at radius 3 is 2.16 bits per heavy atom. The van der Waals surface area contributed by atoms with Crippen molar-refractivity contribution in [2.75, 3.05) is 19.0 Å². The van der Waals surface area contributed by atoms with Crippen molar-refractivity contribution in [1.29, 1.82) is 0 Å². The normalized spacial score (nSPS) is 10.4. The Balaban J connectivity index is 2.11. The van der Waals surface area contributed by atoms with Gasteiger partial charge < -0.3 is 4.90 Å². The zero-order valence-electron chi connectivity index (χ0n) is 11.2. The van der Waals surface area contributed by atoms with Crippen LogP contribution in [0, 0.1) is 12.3 Å². The Hall–Kier alpha value is -2.53. The molecule has 19 heavy (non-hydrogen) atoms. The van der Waals surface area contributed by atoms with Crippen LogP contribution in [0.25, 0.3) is 0 Å². The molecule has 2 heteroatoms. The van der Waals surface area contributed by atoms with Gasteiger partial charge in [0, 0.05) is 31.6 Å². The fourth-order valence-electron chi connectivity index (χ4n) is 1.65. The summed E-state index contributed by atoms with van der Waals surface area (Å²) in [4.78, 5) is 6.49. The molecule has 0 fully saturated rings. The highest BCUT2D eigenvalue weighted by molar-refractivity contribution is 5.82. The molecule has 0 radical (unpaired) electrons. The number of rotatable bonds is 3. The highest BCUT2D eigenvalue weighted by atomic mass is 15.1. The summed E-state index contributed by atoms with van der Waals surface area (Å²) in [5.74, 6) is 2.59. The summed E-state index contributed by atoms with van der Waals surface area (Å²) in [6, 6.07) is 15.9. The molecular weight excluding hydrogens is 232 g/mol. The molecule has 0 bridgehead atoms. The van der Waals surface area contributed by atoms with E-state index in [1.165, 1.54) is 5.69 Å². The summed E-state index contributed by atoms with van der Waals surface area (Å²) in [5, 5.41) is 0. The predicted molar refractivity (Wildman–Crippen MR) is 82.4 cm³/mol. The fourth-order valence-corrected chi connectivity index (χ4v) is 1.65. The summed E-state index contributed by atoms with van der Waals surface area (Å²) in [5.41, 5.74) is 4.02. The third-order valence-electron chi connectivity index (χ3n) is 2.81. The van der Waals surface area contributed by atoms with E-state index in [0.717, 1.165) is 16.8 Å². The Morgan fingerprint density at radius 1 is 1.00 bits per heavy atom. The Kier molecular flexibility index (Phi) is 4.00. The average Bonchev–Trinajstić information content (AvgIpc) is 2.46. The number of hydrogen-bond acceptors (Lipinski definition) is 2. The number of aliphatic imine (C=N–C) groups is 1. The third-order valence-corrected chi connectivity index (χ3v) is 2.81. The molecule has 0 aliphatic rings. The van der Waals surface area contributed by atoms with E-state index < -0.39 is 0 Å². The van der Waals surface area contributed by atoms with Crippen LogP contribution < -0.4 is 4.90 Å². The molecule has 0 aliphatic carbocycles. The van der Waals surface area contributed by atoms with Crippen LogP contribution in [-0.4, -0.2) is 20.3 Å². The Labute approximate surface area is 114 Å². The zero-order valence-corrected chi connectivity index (χ0v) is 11.2. The molecule has 2 rings (SSSR count). The van der Waals surface area contributed by atoms with Crippen LogP contribution in [-0.2, 0) is 0 Å². The van der Waals surface area contributed by atoms with E-state index in [9.17, 15) is 0 Å². The lowest BCUT2D eigenvalue weighted by molar-refractivity contribution is 1.13. The highest BCUT2D eigenvalue weighted by Crippen LogP contribution is 2.14. The van der Waals surface area contributed by atoms with Crippen molar-refractivity contribution in [2.24, 2.45) is 4.99 Å². The molecule has 0 aliphatic heterocycles. The van der Waals surface area contributed by atoms with Crippen LogP contribution in [0.4, 0.5) is 11.4 Å². The van der Waals surface area contributed by atoms with Crippen LogP contribution in [0.3, 0.4) is 0 Å². The number of benzene rings is 2. The van der Waals surface area contributed by atoms with Crippen molar-refractivity contribution in [2.45, 2.75) is 0 Å². The lowest BCUT2D eigenvalue weighted by Crippen LogP contribution is -2.08. The summed E-state index contributed by atoms with van der Waals surface area (Å²) in [6.45, 7) is 0. The summed E-state index contributed by atoms with van der Waals surface area (Å²) >= 11 is 0. The molecule has 0 unspecified atom stereocenters. The van der Waals surface area contributed by atoms with Gasteiger partial charge in [0.05, 0.1) is 5.69 Å². The molecule has 2 aromatic carbocycles. The van der Waals surface area contributed by atoms with Crippen molar-refractivity contribution >= 4 is 17.6 Å². The molecule has 0 saturated heterocycles. The zero-order chi connectivity index (χ0) is 13.7. The molecule has 94 valence electrons. The van der Waals surface area contributed by atoms with E-state index >= 15 is 0 Å². The van der Waals surface area contributed by atoms with Gasteiger partial charge in [0.25, 0.3) is 0 Å². The summed E-state index contributed by atoms with van der Waals surface area (Å²) in [7, 11) is 4.05. The van der Waals surface area contributed by atoms with Gasteiger partial charge in [0.15, 0.2) is 0 Å². The maximum absolute atomic E-state index is 5.31. The second kappa shape index (κ2) is 5.88. The second-order valence-corrected chi connectivity index (χ2v) is 4.44. The topological polar surface area (TPSA) is 15.6 Å². The first-order valence-corrected chi connectivity index (χ1v) is 6.07. The first-order chi connectivity index (χ1) is 9.19. The lowest BCUT2D eigenvalue weighted by atomic mass is 10.2. The van der Waals surface area contributed by atoms with Crippen molar-refractivity contribution in [3.05, 3.63) is 59.7 Å². The van der Waals surface area contributed by atoms with Crippen molar-refractivity contribution in [3.8, 4) is 12.3 Å². The minimum Gasteiger partial charge on any atom is -0.378 e. The smallest absolute Gasteiger partial charge is 0.0630 e. The number of terminal acetylenes is 1. The predicted octanol–water partition coefficient (Wildman–Crippen LogP) is 3.48. The minimum atomic E-state index is 0.870. The molecule has 0 atom stereocenters. The molecule has 2 aromatic rings. The Morgan fingerprint density at radius 2 is 1.63 bits per heavy atom. The van der Waals surface area contributed by atoms with E-state index in [1.807, 2.05) is 44.6 Å². The van der Waals surface area contributed by atoms with Crippen LogP contribution >= 0.6 is 0 Å². The maximum Gasteiger partial charge on any atom is 0.0630 e. The maximum atomic E-state index is 5.31. The number of nitrogens with zero attached hydrogens (tertiary/aromatic N) is 2. The SMILES string of the molecule is C#Cc1ccc(N=Cc2ccc(N(C)C)cc2)cc1. The molecule has 2 nitrogen and oxygen atoms in total. The fraction of sp³-hybridized carbons (Fsp3) is 0.118. The van der Waals surface area contributed by atoms with Gasteiger partial charge in [0.2, 0.25) is 0 Å². The molecular formula is C17H16N2. The highest BCUT2D eigenvalue weighted by Gasteiger charge is 1.94. The molecule has 0 amide bonds. The van der Waals surface area contributed by atoms with Crippen LogP contribution in [0.15, 0.2) is 53.5 Å². The monoisotopic (exact) mass is 248 g/mol. The quantitative estimate of drug-likeness (QED) is 0.599. The average molecular weight is 248 g/mol. The summed E-state index contributed by atoms with van der Waals surface area (Å²) in [6.07, 6.45) is 7.16. The van der Waals surface area contributed by atoms with E-state index in [4.69, 9.17) is 6.42 Å². The van der Waals surface area contributed by atoms with Gasteiger partial charge in [-0.25, -0.2) is 0 Å². The van der Waals surface area contributed by atoms with Crippen LogP contribution in [0.2, 0.25) is 0 Å². The van der Waals surface area contributed by atoms with Crippen molar-refractivity contribution in [1.82, 2.24) is 0 Å². The lowest BCUT2D eigenvalue weighted by Gasteiger charge is -2.11. The van der Waals surface area contributed by atoms with Gasteiger partial charge in [-0.15, -0.1) is 6.42 Å². The van der Waals surface area contributed by atoms with Crippen molar-refractivity contribution in [3.63, 3.8) is 0 Å². The van der Waals surface area contributed by atoms with Gasteiger partial charge in [-0.2, -0.15) is 0 Å². The van der Waals surface area contributed by atoms with E-state index in [-0.39, 0.29) is 0 Å². The van der Waals surface area contributed by atoms with Crippen LogP contribution in [0.5, 0.6) is 0 Å². The standard InChI is InChI=1S/C17H16N2/c1-4-14-5-9-16(10-6-14)18-13-15-7-11-17(12-8-15)19(2)3/h1,5-13H,2-3H3. The summed E-state index contributed by atoms with van der Waals surface area (Å²) < 4.78 is 0. The van der Waals surface area contributed by atoms with Gasteiger partial charge >= 0.3 is 0 Å². The molecule has 0 aromatic heterocycles. The molecule has 0 N–H and O–H groups in total. The van der Waals surface area contributed by atoms with Gasteiger partial charge in [-0.3, -0.25) is 4.99 Å². The number of anilines is 1. The van der Waals surface area contributed by atoms with Crippen LogP contribution in [0.1, 0.15) is 11.1 Å². The van der Waals surface area contributed by atoms with Gasteiger partial charge in [-0.1, -0.05) is 18.1 Å². The molecule has 0 heterocycles. The third kappa shape index (κ3) is 3.46. The first kappa shape index (κ1) is 12.9. The number of hydrogen-bond donors (Lipinski definition) is 0. The molecule has 0 spiro atoms. The van der Waals surface area contributed by atoms with Crippen molar-refractivity contribution < 1.29 is 0 Å². The largest absolute Gasteiger partial charge is 0.378 e. The van der Waals surface area contributed by atoms with E-state index in [0.29, 0.717) is 0 Å².